The smallest absolute Gasteiger partial charge is 0.228 e. The number of nitrogens with zero attached hydrogens (tertiary/aromatic N) is 5. The molecule has 3 aliphatic rings. The topological polar surface area (TPSA) is 71.3 Å². The highest BCUT2D eigenvalue weighted by molar-refractivity contribution is 5.89. The quantitative estimate of drug-likeness (QED) is 0.813. The molecule has 1 aromatic rings. The lowest BCUT2D eigenvalue weighted by Gasteiger charge is -2.34. The minimum atomic E-state index is -0.150. The summed E-state index contributed by atoms with van der Waals surface area (Å²) >= 11 is 0. The molecule has 0 bridgehead atoms. The third kappa shape index (κ3) is 2.48. The molecule has 0 spiro atoms. The Kier molecular flexibility index (Phi) is 3.35. The summed E-state index contributed by atoms with van der Waals surface area (Å²) in [6, 6.07) is 0.617. The summed E-state index contributed by atoms with van der Waals surface area (Å²) in [7, 11) is 0. The van der Waals surface area contributed by atoms with Gasteiger partial charge in [-0.3, -0.25) is 9.59 Å². The molecule has 3 fully saturated rings. The normalized spacial score (nSPS) is 29.2. The molecular formula is C15H21N5O2. The molecule has 22 heavy (non-hydrogen) atoms. The van der Waals surface area contributed by atoms with Crippen LogP contribution in [-0.4, -0.2) is 62.1 Å². The van der Waals surface area contributed by atoms with Crippen LogP contribution in [0.15, 0.2) is 12.7 Å². The Bertz CT molecular complexity index is 568. The van der Waals surface area contributed by atoms with Gasteiger partial charge in [-0.15, -0.1) is 0 Å². The van der Waals surface area contributed by atoms with Crippen molar-refractivity contribution >= 4 is 11.8 Å². The van der Waals surface area contributed by atoms with Gasteiger partial charge in [0.15, 0.2) is 0 Å². The van der Waals surface area contributed by atoms with Crippen molar-refractivity contribution < 1.29 is 9.59 Å². The number of likely N-dealkylation sites (tertiary alicyclic amines) is 2. The first-order valence-electron chi connectivity index (χ1n) is 8.15. The molecule has 0 N–H and O–H groups in total. The van der Waals surface area contributed by atoms with Crippen LogP contribution in [0.25, 0.3) is 0 Å². The van der Waals surface area contributed by atoms with Gasteiger partial charge in [0.2, 0.25) is 11.8 Å². The Labute approximate surface area is 129 Å². The van der Waals surface area contributed by atoms with Gasteiger partial charge in [0.05, 0.1) is 12.0 Å². The van der Waals surface area contributed by atoms with Crippen molar-refractivity contribution in [2.75, 3.05) is 19.6 Å². The standard InChI is InChI=1S/C15H21N5O2/c21-14-6-11(7-19(14)12-3-4-12)15(22)18-5-1-2-13(8-18)20-10-16-9-17-20/h9-13H,1-8H2/t11-,13-/m0/s1. The number of rotatable bonds is 3. The van der Waals surface area contributed by atoms with Crippen molar-refractivity contribution in [1.29, 1.82) is 0 Å². The molecule has 3 heterocycles. The van der Waals surface area contributed by atoms with Crippen molar-refractivity contribution in [3.8, 4) is 0 Å². The van der Waals surface area contributed by atoms with Crippen LogP contribution in [0.2, 0.25) is 0 Å². The first-order chi connectivity index (χ1) is 10.7. The predicted molar refractivity (Wildman–Crippen MR) is 77.7 cm³/mol. The average molecular weight is 303 g/mol. The van der Waals surface area contributed by atoms with Crippen molar-refractivity contribution in [2.24, 2.45) is 5.92 Å². The van der Waals surface area contributed by atoms with Crippen LogP contribution in [-0.2, 0) is 9.59 Å². The minimum absolute atomic E-state index is 0.140. The van der Waals surface area contributed by atoms with Crippen LogP contribution in [0, 0.1) is 5.92 Å². The van der Waals surface area contributed by atoms with E-state index in [9.17, 15) is 9.59 Å². The molecule has 2 saturated heterocycles. The van der Waals surface area contributed by atoms with Gasteiger partial charge in [0, 0.05) is 32.1 Å². The zero-order chi connectivity index (χ0) is 15.1. The molecule has 1 aliphatic carbocycles. The second-order valence-corrected chi connectivity index (χ2v) is 6.63. The second-order valence-electron chi connectivity index (χ2n) is 6.63. The van der Waals surface area contributed by atoms with Gasteiger partial charge in [0.25, 0.3) is 0 Å². The molecule has 2 amide bonds. The van der Waals surface area contributed by atoms with Crippen LogP contribution in [0.5, 0.6) is 0 Å². The van der Waals surface area contributed by atoms with Crippen LogP contribution < -0.4 is 0 Å². The number of carbonyl (C=O) groups excluding carboxylic acids is 2. The van der Waals surface area contributed by atoms with Crippen LogP contribution >= 0.6 is 0 Å². The Morgan fingerprint density at radius 1 is 1.18 bits per heavy atom. The monoisotopic (exact) mass is 303 g/mol. The van der Waals surface area contributed by atoms with E-state index in [2.05, 4.69) is 10.1 Å². The third-order valence-electron chi connectivity index (χ3n) is 5.01. The van der Waals surface area contributed by atoms with E-state index in [1.54, 1.807) is 6.33 Å². The predicted octanol–water partition coefficient (Wildman–Crippen LogP) is 0.452. The van der Waals surface area contributed by atoms with Crippen LogP contribution in [0.3, 0.4) is 0 Å². The maximum absolute atomic E-state index is 12.8. The Morgan fingerprint density at radius 2 is 2.05 bits per heavy atom. The van der Waals surface area contributed by atoms with Gasteiger partial charge in [-0.05, 0) is 25.7 Å². The molecule has 2 atom stereocenters. The molecule has 0 unspecified atom stereocenters. The number of piperidine rings is 1. The summed E-state index contributed by atoms with van der Waals surface area (Å²) in [6.45, 7) is 2.08. The van der Waals surface area contributed by atoms with Gasteiger partial charge < -0.3 is 9.80 Å². The molecule has 2 aliphatic heterocycles. The van der Waals surface area contributed by atoms with Gasteiger partial charge in [-0.25, -0.2) is 9.67 Å². The zero-order valence-corrected chi connectivity index (χ0v) is 12.6. The Morgan fingerprint density at radius 3 is 2.77 bits per heavy atom. The molecule has 0 radical (unpaired) electrons. The summed E-state index contributed by atoms with van der Waals surface area (Å²) < 4.78 is 1.84. The van der Waals surface area contributed by atoms with E-state index >= 15 is 0 Å². The first-order valence-corrected chi connectivity index (χ1v) is 8.15. The van der Waals surface area contributed by atoms with E-state index in [-0.39, 0.29) is 23.8 Å². The SMILES string of the molecule is O=C([C@H]1CC(=O)N(C2CC2)C1)N1CCC[C@H](n2cncn2)C1. The largest absolute Gasteiger partial charge is 0.340 e. The number of carbonyl (C=O) groups is 2. The molecule has 118 valence electrons. The van der Waals surface area contributed by atoms with Crippen molar-refractivity contribution in [1.82, 2.24) is 24.6 Å². The fraction of sp³-hybridized carbons (Fsp3) is 0.733. The fourth-order valence-electron chi connectivity index (χ4n) is 3.67. The van der Waals surface area contributed by atoms with Crippen molar-refractivity contribution in [3.05, 3.63) is 12.7 Å². The molecule has 7 nitrogen and oxygen atoms in total. The number of hydrogen-bond acceptors (Lipinski definition) is 4. The lowest BCUT2D eigenvalue weighted by Crippen LogP contribution is -2.44. The number of hydrogen-bond donors (Lipinski definition) is 0. The van der Waals surface area contributed by atoms with E-state index < -0.39 is 0 Å². The highest BCUT2D eigenvalue weighted by Gasteiger charge is 2.43. The van der Waals surface area contributed by atoms with E-state index in [4.69, 9.17) is 0 Å². The van der Waals surface area contributed by atoms with Crippen LogP contribution in [0.1, 0.15) is 38.1 Å². The lowest BCUT2D eigenvalue weighted by molar-refractivity contribution is -0.137. The molecule has 1 saturated carbocycles. The van der Waals surface area contributed by atoms with E-state index in [0.717, 1.165) is 32.2 Å². The summed E-state index contributed by atoms with van der Waals surface area (Å²) in [5.74, 6) is 0.148. The third-order valence-corrected chi connectivity index (χ3v) is 5.01. The van der Waals surface area contributed by atoms with Gasteiger partial charge in [-0.2, -0.15) is 5.10 Å². The van der Waals surface area contributed by atoms with Gasteiger partial charge in [-0.1, -0.05) is 0 Å². The number of amides is 2. The molecule has 0 aromatic carbocycles. The lowest BCUT2D eigenvalue weighted by atomic mass is 10.0. The second kappa shape index (κ2) is 5.37. The molecule has 7 heteroatoms. The zero-order valence-electron chi connectivity index (χ0n) is 12.6. The Hall–Kier alpha value is -1.92. The maximum Gasteiger partial charge on any atom is 0.228 e. The highest BCUT2D eigenvalue weighted by Crippen LogP contribution is 2.33. The van der Waals surface area contributed by atoms with Crippen LogP contribution in [0.4, 0.5) is 0 Å². The van der Waals surface area contributed by atoms with Crippen molar-refractivity contribution in [2.45, 2.75) is 44.2 Å². The first kappa shape index (κ1) is 13.7. The van der Waals surface area contributed by atoms with E-state index in [1.807, 2.05) is 14.5 Å². The van der Waals surface area contributed by atoms with Gasteiger partial charge >= 0.3 is 0 Å². The summed E-state index contributed by atoms with van der Waals surface area (Å²) in [6.07, 6.45) is 7.83. The minimum Gasteiger partial charge on any atom is -0.340 e. The molecule has 4 rings (SSSR count). The Balaban J connectivity index is 1.41. The van der Waals surface area contributed by atoms with E-state index in [1.165, 1.54) is 6.33 Å². The van der Waals surface area contributed by atoms with Gasteiger partial charge in [0.1, 0.15) is 12.7 Å². The van der Waals surface area contributed by atoms with Crippen molar-refractivity contribution in [3.63, 3.8) is 0 Å². The summed E-state index contributed by atoms with van der Waals surface area (Å²) in [5.41, 5.74) is 0. The number of aromatic nitrogens is 3. The highest BCUT2D eigenvalue weighted by atomic mass is 16.2. The summed E-state index contributed by atoms with van der Waals surface area (Å²) in [5, 5.41) is 4.19. The molecule has 1 aromatic heterocycles. The maximum atomic E-state index is 12.8. The van der Waals surface area contributed by atoms with E-state index in [0.29, 0.717) is 25.6 Å². The fourth-order valence-corrected chi connectivity index (χ4v) is 3.67. The average Bonchev–Trinajstić information content (AvgIpc) is 3.09. The summed E-state index contributed by atoms with van der Waals surface area (Å²) in [4.78, 5) is 32.6. The molecular weight excluding hydrogens is 282 g/mol.